The van der Waals surface area contributed by atoms with Crippen molar-refractivity contribution in [2.24, 2.45) is 5.41 Å². The van der Waals surface area contributed by atoms with Gasteiger partial charge in [-0.1, -0.05) is 26.8 Å². The molecule has 3 rings (SSSR count). The van der Waals surface area contributed by atoms with Crippen LogP contribution in [0.1, 0.15) is 43.2 Å². The number of ketones is 1. The maximum atomic E-state index is 12.9. The molecule has 0 aromatic carbocycles. The summed E-state index contributed by atoms with van der Waals surface area (Å²) in [4.78, 5) is 28.1. The Bertz CT molecular complexity index is 839. The number of Topliss-reactive ketones (excluding diaryl/α,β-unsaturated/α-hetero) is 1. The van der Waals surface area contributed by atoms with E-state index in [0.717, 1.165) is 4.88 Å². The maximum Gasteiger partial charge on any atom is 0.290 e. The van der Waals surface area contributed by atoms with Crippen LogP contribution in [0.3, 0.4) is 0 Å². The number of carbonyl (C=O) groups is 2. The van der Waals surface area contributed by atoms with Gasteiger partial charge < -0.3 is 14.4 Å². The van der Waals surface area contributed by atoms with Gasteiger partial charge in [0, 0.05) is 10.3 Å². The Kier molecular flexibility index (Phi) is 4.33. The van der Waals surface area contributed by atoms with Crippen molar-refractivity contribution >= 4 is 23.0 Å². The number of carbonyl (C=O) groups excluding carboxylic acids is 2. The fourth-order valence-electron chi connectivity index (χ4n) is 2.92. The quantitative estimate of drug-likeness (QED) is 0.890. The molecule has 132 valence electrons. The summed E-state index contributed by atoms with van der Waals surface area (Å²) in [5.41, 5.74) is -0.606. The van der Waals surface area contributed by atoms with Crippen LogP contribution in [0.2, 0.25) is 0 Å². The lowest BCUT2D eigenvalue weighted by atomic mass is 9.83. The van der Waals surface area contributed by atoms with E-state index in [4.69, 9.17) is 4.42 Å². The van der Waals surface area contributed by atoms with E-state index in [0.29, 0.717) is 18.1 Å². The molecule has 2 aromatic heterocycles. The molecule has 1 N–H and O–H groups in total. The number of rotatable bonds is 4. The van der Waals surface area contributed by atoms with Gasteiger partial charge in [-0.25, -0.2) is 0 Å². The third-order valence-electron chi connectivity index (χ3n) is 4.17. The predicted octanol–water partition coefficient (Wildman–Crippen LogP) is 4.16. The summed E-state index contributed by atoms with van der Waals surface area (Å²) in [5.74, 6) is -0.104. The van der Waals surface area contributed by atoms with Crippen LogP contribution in [-0.2, 0) is 16.1 Å². The number of aliphatic hydroxyl groups is 1. The summed E-state index contributed by atoms with van der Waals surface area (Å²) in [6, 6.07) is 6.65. The zero-order valence-corrected chi connectivity index (χ0v) is 15.5. The minimum absolute atomic E-state index is 0.114. The molecule has 0 spiro atoms. The molecule has 0 radical (unpaired) electrons. The van der Waals surface area contributed by atoms with Gasteiger partial charge in [-0.15, -0.1) is 11.3 Å². The Hall–Kier alpha value is -2.34. The molecule has 1 aliphatic heterocycles. The lowest BCUT2D eigenvalue weighted by Gasteiger charge is -2.26. The average molecular weight is 359 g/mol. The summed E-state index contributed by atoms with van der Waals surface area (Å²) in [7, 11) is 0. The molecule has 0 fully saturated rings. The highest BCUT2D eigenvalue weighted by molar-refractivity contribution is 7.09. The maximum absolute atomic E-state index is 12.9. The Morgan fingerprint density at radius 1 is 1.32 bits per heavy atom. The van der Waals surface area contributed by atoms with Crippen molar-refractivity contribution in [3.63, 3.8) is 0 Å². The fraction of sp³-hybridized carbons (Fsp3) is 0.368. The van der Waals surface area contributed by atoms with Crippen molar-refractivity contribution in [2.75, 3.05) is 0 Å². The summed E-state index contributed by atoms with van der Waals surface area (Å²) < 4.78 is 5.72. The number of hydrogen-bond acceptors (Lipinski definition) is 5. The monoisotopic (exact) mass is 359 g/mol. The largest absolute Gasteiger partial charge is 0.503 e. The predicted molar refractivity (Wildman–Crippen MR) is 95.2 cm³/mol. The highest BCUT2D eigenvalue weighted by Gasteiger charge is 2.47. The Labute approximate surface area is 150 Å². The van der Waals surface area contributed by atoms with Crippen molar-refractivity contribution in [1.82, 2.24) is 4.90 Å². The van der Waals surface area contributed by atoms with Crippen LogP contribution >= 0.6 is 11.3 Å². The van der Waals surface area contributed by atoms with Crippen LogP contribution < -0.4 is 0 Å². The first-order valence-corrected chi connectivity index (χ1v) is 8.95. The van der Waals surface area contributed by atoms with Crippen molar-refractivity contribution in [2.45, 2.75) is 40.3 Å². The normalized spacial score (nSPS) is 18.3. The van der Waals surface area contributed by atoms with Gasteiger partial charge in [0.15, 0.2) is 11.5 Å². The molecule has 1 atom stereocenters. The van der Waals surface area contributed by atoms with E-state index in [-0.39, 0.29) is 11.4 Å². The van der Waals surface area contributed by atoms with E-state index in [9.17, 15) is 14.7 Å². The number of furan rings is 1. The topological polar surface area (TPSA) is 70.8 Å². The number of aliphatic hydroxyl groups excluding tert-OH is 1. The molecule has 2 aromatic rings. The molecule has 1 amide bonds. The molecule has 0 saturated heterocycles. The van der Waals surface area contributed by atoms with Crippen LogP contribution in [0.15, 0.2) is 45.4 Å². The first-order chi connectivity index (χ1) is 11.7. The summed E-state index contributed by atoms with van der Waals surface area (Å²) in [6.45, 7) is 7.43. The van der Waals surface area contributed by atoms with Gasteiger partial charge in [0.05, 0.1) is 12.1 Å². The van der Waals surface area contributed by atoms with E-state index in [1.807, 2.05) is 17.5 Å². The summed E-state index contributed by atoms with van der Waals surface area (Å²) in [5, 5.41) is 12.4. The van der Waals surface area contributed by atoms with Gasteiger partial charge in [0.2, 0.25) is 0 Å². The van der Waals surface area contributed by atoms with E-state index < -0.39 is 23.1 Å². The average Bonchev–Trinajstić information content (AvgIpc) is 3.23. The summed E-state index contributed by atoms with van der Waals surface area (Å²) >= 11 is 1.52. The van der Waals surface area contributed by atoms with Crippen LogP contribution in [0.4, 0.5) is 0 Å². The minimum atomic E-state index is -0.720. The number of aryl methyl sites for hydroxylation is 1. The van der Waals surface area contributed by atoms with Gasteiger partial charge in [-0.2, -0.15) is 0 Å². The highest BCUT2D eigenvalue weighted by Crippen LogP contribution is 2.42. The Morgan fingerprint density at radius 3 is 2.56 bits per heavy atom. The molecule has 25 heavy (non-hydrogen) atoms. The molecule has 5 nitrogen and oxygen atoms in total. The minimum Gasteiger partial charge on any atom is -0.503 e. The first-order valence-electron chi connectivity index (χ1n) is 8.07. The van der Waals surface area contributed by atoms with Crippen LogP contribution in [-0.4, -0.2) is 21.7 Å². The Morgan fingerprint density at radius 2 is 2.04 bits per heavy atom. The number of hydrogen-bond donors (Lipinski definition) is 1. The molecule has 0 aliphatic carbocycles. The first kappa shape index (κ1) is 17.5. The number of amides is 1. The molecular formula is C19H21NO4S. The third kappa shape index (κ3) is 3.14. The van der Waals surface area contributed by atoms with E-state index in [1.54, 1.807) is 39.8 Å². The van der Waals surface area contributed by atoms with Gasteiger partial charge in [0.25, 0.3) is 5.91 Å². The second-order valence-electron chi connectivity index (χ2n) is 7.20. The fourth-order valence-corrected chi connectivity index (χ4v) is 3.62. The van der Waals surface area contributed by atoms with Gasteiger partial charge in [0.1, 0.15) is 17.6 Å². The van der Waals surface area contributed by atoms with Crippen molar-refractivity contribution in [1.29, 1.82) is 0 Å². The van der Waals surface area contributed by atoms with Crippen molar-refractivity contribution < 1.29 is 19.1 Å². The third-order valence-corrected chi connectivity index (χ3v) is 5.03. The second-order valence-corrected chi connectivity index (χ2v) is 8.24. The van der Waals surface area contributed by atoms with E-state index >= 15 is 0 Å². The van der Waals surface area contributed by atoms with Gasteiger partial charge >= 0.3 is 0 Å². The SMILES string of the molecule is Cc1ccc(C2C(C(=O)C(C)(C)C)=C(O)C(=O)N2Cc2cccs2)o1. The molecule has 0 bridgehead atoms. The zero-order chi connectivity index (χ0) is 18.4. The highest BCUT2D eigenvalue weighted by atomic mass is 32.1. The number of nitrogens with zero attached hydrogens (tertiary/aromatic N) is 1. The summed E-state index contributed by atoms with van der Waals surface area (Å²) in [6.07, 6.45) is 0. The molecule has 3 heterocycles. The second kappa shape index (κ2) is 6.19. The van der Waals surface area contributed by atoms with Crippen molar-refractivity contribution in [3.05, 3.63) is 57.4 Å². The van der Waals surface area contributed by atoms with Crippen LogP contribution in [0, 0.1) is 12.3 Å². The van der Waals surface area contributed by atoms with Gasteiger partial charge in [-0.3, -0.25) is 9.59 Å². The standard InChI is InChI=1S/C19H21NO4S/c1-11-7-8-13(24-11)15-14(17(22)19(2,3)4)16(21)18(23)20(15)10-12-6-5-9-25-12/h5-9,15,21H,10H2,1-4H3. The van der Waals surface area contributed by atoms with Crippen molar-refractivity contribution in [3.8, 4) is 0 Å². The molecular weight excluding hydrogens is 338 g/mol. The Balaban J connectivity index is 2.08. The zero-order valence-electron chi connectivity index (χ0n) is 14.7. The lowest BCUT2D eigenvalue weighted by molar-refractivity contribution is -0.130. The van der Waals surface area contributed by atoms with E-state index in [2.05, 4.69) is 0 Å². The molecule has 6 heteroatoms. The molecule has 1 aliphatic rings. The van der Waals surface area contributed by atoms with E-state index in [1.165, 1.54) is 16.2 Å². The number of thiophene rings is 1. The lowest BCUT2D eigenvalue weighted by Crippen LogP contribution is -2.32. The van der Waals surface area contributed by atoms with Gasteiger partial charge in [-0.05, 0) is 30.5 Å². The van der Waals surface area contributed by atoms with Crippen LogP contribution in [0.5, 0.6) is 0 Å². The molecule has 0 saturated carbocycles. The smallest absolute Gasteiger partial charge is 0.290 e. The molecule has 1 unspecified atom stereocenters. The van der Waals surface area contributed by atoms with Crippen LogP contribution in [0.25, 0.3) is 0 Å².